The predicted octanol–water partition coefficient (Wildman–Crippen LogP) is 1.72. The van der Waals surface area contributed by atoms with Crippen molar-refractivity contribution in [1.82, 2.24) is 15.0 Å². The number of rotatable bonds is 5. The first-order valence-electron chi connectivity index (χ1n) is 5.94. The van der Waals surface area contributed by atoms with E-state index in [-0.39, 0.29) is 0 Å². The highest BCUT2D eigenvalue weighted by molar-refractivity contribution is 7.09. The van der Waals surface area contributed by atoms with Crippen molar-refractivity contribution in [3.05, 3.63) is 33.5 Å². The van der Waals surface area contributed by atoms with E-state index in [1.165, 1.54) is 0 Å². The second-order valence-corrected chi connectivity index (χ2v) is 5.12. The van der Waals surface area contributed by atoms with Crippen LogP contribution in [0.5, 0.6) is 0 Å². The van der Waals surface area contributed by atoms with E-state index in [9.17, 15) is 0 Å². The summed E-state index contributed by atoms with van der Waals surface area (Å²) in [6.07, 6.45) is 1.81. The van der Waals surface area contributed by atoms with Crippen LogP contribution >= 0.6 is 11.3 Å². The summed E-state index contributed by atoms with van der Waals surface area (Å²) in [6, 6.07) is 0. The largest absolute Gasteiger partial charge is 0.378 e. The Morgan fingerprint density at radius 2 is 2.37 bits per heavy atom. The van der Waals surface area contributed by atoms with Crippen LogP contribution in [0.25, 0.3) is 0 Å². The van der Waals surface area contributed by atoms with Crippen LogP contribution in [0.4, 0.5) is 5.95 Å². The minimum absolute atomic E-state index is 0.553. The van der Waals surface area contributed by atoms with Gasteiger partial charge in [0.1, 0.15) is 5.01 Å². The lowest BCUT2D eigenvalue weighted by molar-refractivity contribution is 0.133. The van der Waals surface area contributed by atoms with E-state index in [2.05, 4.69) is 20.3 Å². The molecule has 0 aliphatic carbocycles. The first-order valence-corrected chi connectivity index (χ1v) is 6.82. The number of anilines is 1. The summed E-state index contributed by atoms with van der Waals surface area (Å²) in [5.74, 6) is 0.616. The third kappa shape index (κ3) is 2.89. The number of fused-ring (bicyclic) bond motifs is 1. The van der Waals surface area contributed by atoms with Crippen molar-refractivity contribution in [3.63, 3.8) is 0 Å². The number of methoxy groups -OCH3 is 1. The molecule has 0 spiro atoms. The van der Waals surface area contributed by atoms with Crippen LogP contribution in [0.3, 0.4) is 0 Å². The molecular weight excluding hydrogens is 264 g/mol. The Morgan fingerprint density at radius 1 is 1.42 bits per heavy atom. The van der Waals surface area contributed by atoms with Gasteiger partial charge in [-0.25, -0.2) is 15.0 Å². The summed E-state index contributed by atoms with van der Waals surface area (Å²) in [7, 11) is 1.67. The van der Waals surface area contributed by atoms with Gasteiger partial charge in [-0.3, -0.25) is 0 Å². The molecular formula is C12H14N4O2S. The zero-order valence-electron chi connectivity index (χ0n) is 10.5. The molecule has 1 N–H and O–H groups in total. The molecule has 3 rings (SSSR count). The fourth-order valence-corrected chi connectivity index (χ4v) is 2.58. The third-order valence-electron chi connectivity index (χ3n) is 2.75. The minimum atomic E-state index is 0.553. The molecule has 0 atom stereocenters. The SMILES string of the molecule is COCc1nc(CNc2ncc3c(n2)COC3)cs1. The van der Waals surface area contributed by atoms with Crippen LogP contribution in [-0.4, -0.2) is 22.1 Å². The van der Waals surface area contributed by atoms with Gasteiger partial charge >= 0.3 is 0 Å². The summed E-state index contributed by atoms with van der Waals surface area (Å²) >= 11 is 1.59. The zero-order valence-corrected chi connectivity index (χ0v) is 11.4. The van der Waals surface area contributed by atoms with Crippen molar-refractivity contribution in [2.45, 2.75) is 26.4 Å². The maximum atomic E-state index is 5.31. The van der Waals surface area contributed by atoms with Crippen molar-refractivity contribution in [2.24, 2.45) is 0 Å². The number of aromatic nitrogens is 3. The number of nitrogens with one attached hydrogen (secondary N) is 1. The van der Waals surface area contributed by atoms with Crippen molar-refractivity contribution < 1.29 is 9.47 Å². The number of thiazole rings is 1. The van der Waals surface area contributed by atoms with E-state index in [4.69, 9.17) is 9.47 Å². The molecule has 100 valence electrons. The summed E-state index contributed by atoms with van der Waals surface area (Å²) in [6.45, 7) is 2.35. The van der Waals surface area contributed by atoms with Gasteiger partial charge in [0, 0.05) is 24.3 Å². The van der Waals surface area contributed by atoms with E-state index < -0.39 is 0 Å². The molecule has 19 heavy (non-hydrogen) atoms. The highest BCUT2D eigenvalue weighted by Crippen LogP contribution is 2.18. The van der Waals surface area contributed by atoms with Gasteiger partial charge in [0.05, 0.1) is 37.8 Å². The Morgan fingerprint density at radius 3 is 3.26 bits per heavy atom. The smallest absolute Gasteiger partial charge is 0.223 e. The lowest BCUT2D eigenvalue weighted by atomic mass is 10.3. The van der Waals surface area contributed by atoms with Crippen molar-refractivity contribution in [3.8, 4) is 0 Å². The van der Waals surface area contributed by atoms with Gasteiger partial charge in [0.2, 0.25) is 5.95 Å². The summed E-state index contributed by atoms with van der Waals surface area (Å²) in [4.78, 5) is 13.1. The number of nitrogens with zero attached hydrogens (tertiary/aromatic N) is 3. The molecule has 1 aliphatic heterocycles. The molecule has 0 amide bonds. The van der Waals surface area contributed by atoms with Crippen LogP contribution in [0.15, 0.2) is 11.6 Å². The summed E-state index contributed by atoms with van der Waals surface area (Å²) < 4.78 is 10.4. The average molecular weight is 278 g/mol. The molecule has 7 heteroatoms. The molecule has 0 bridgehead atoms. The van der Waals surface area contributed by atoms with Crippen LogP contribution in [0, 0.1) is 0 Å². The third-order valence-corrected chi connectivity index (χ3v) is 3.62. The molecule has 0 unspecified atom stereocenters. The van der Waals surface area contributed by atoms with Crippen LogP contribution in [0.2, 0.25) is 0 Å². The van der Waals surface area contributed by atoms with Gasteiger partial charge in [-0.05, 0) is 0 Å². The quantitative estimate of drug-likeness (QED) is 0.898. The predicted molar refractivity (Wildman–Crippen MR) is 70.7 cm³/mol. The Hall–Kier alpha value is -1.57. The first-order chi connectivity index (χ1) is 9.35. The van der Waals surface area contributed by atoms with Crippen LogP contribution in [-0.2, 0) is 35.8 Å². The number of hydrogen-bond acceptors (Lipinski definition) is 7. The standard InChI is InChI=1S/C12H14N4O2S/c1-17-6-11-15-9(7-19-11)3-14-12-13-2-8-4-18-5-10(8)16-12/h2,7H,3-6H2,1H3,(H,13,14,16). The highest BCUT2D eigenvalue weighted by atomic mass is 32.1. The van der Waals surface area contributed by atoms with Crippen molar-refractivity contribution in [2.75, 3.05) is 12.4 Å². The molecule has 1 aliphatic rings. The Labute approximate surface area is 114 Å². The number of hydrogen-bond donors (Lipinski definition) is 1. The maximum absolute atomic E-state index is 5.31. The number of ether oxygens (including phenoxy) is 2. The van der Waals surface area contributed by atoms with Crippen molar-refractivity contribution >= 4 is 17.3 Å². The van der Waals surface area contributed by atoms with Gasteiger partial charge in [0.15, 0.2) is 0 Å². The second kappa shape index (κ2) is 5.60. The Balaban J connectivity index is 1.62. The lowest BCUT2D eigenvalue weighted by Crippen LogP contribution is -2.05. The molecule has 0 aromatic carbocycles. The molecule has 0 radical (unpaired) electrons. The van der Waals surface area contributed by atoms with E-state index >= 15 is 0 Å². The summed E-state index contributed by atoms with van der Waals surface area (Å²) in [5.41, 5.74) is 3.01. The molecule has 0 fully saturated rings. The van der Waals surface area contributed by atoms with Gasteiger partial charge in [-0.1, -0.05) is 0 Å². The molecule has 2 aromatic heterocycles. The lowest BCUT2D eigenvalue weighted by Gasteiger charge is -2.03. The fourth-order valence-electron chi connectivity index (χ4n) is 1.82. The van der Waals surface area contributed by atoms with Crippen LogP contribution in [0.1, 0.15) is 22.0 Å². The van der Waals surface area contributed by atoms with Gasteiger partial charge in [-0.2, -0.15) is 0 Å². The summed E-state index contributed by atoms with van der Waals surface area (Å²) in [5, 5.41) is 6.16. The fraction of sp³-hybridized carbons (Fsp3) is 0.417. The molecule has 2 aromatic rings. The van der Waals surface area contributed by atoms with Crippen LogP contribution < -0.4 is 5.32 Å². The van der Waals surface area contributed by atoms with E-state index in [0.29, 0.717) is 32.3 Å². The van der Waals surface area contributed by atoms with Gasteiger partial charge in [0.25, 0.3) is 0 Å². The minimum Gasteiger partial charge on any atom is -0.378 e. The molecule has 0 saturated carbocycles. The first kappa shape index (κ1) is 12.5. The second-order valence-electron chi connectivity index (χ2n) is 4.18. The normalized spacial score (nSPS) is 13.5. The van der Waals surface area contributed by atoms with Gasteiger partial charge < -0.3 is 14.8 Å². The van der Waals surface area contributed by atoms with Gasteiger partial charge in [-0.15, -0.1) is 11.3 Å². The van der Waals surface area contributed by atoms with E-state index in [0.717, 1.165) is 22.0 Å². The Bertz CT molecular complexity index is 573. The van der Waals surface area contributed by atoms with E-state index in [1.54, 1.807) is 18.4 Å². The molecule has 6 nitrogen and oxygen atoms in total. The Kier molecular flexibility index (Phi) is 3.67. The average Bonchev–Trinajstić information content (AvgIpc) is 3.04. The zero-order chi connectivity index (χ0) is 13.1. The highest BCUT2D eigenvalue weighted by Gasteiger charge is 2.13. The monoisotopic (exact) mass is 278 g/mol. The van der Waals surface area contributed by atoms with E-state index in [1.807, 2.05) is 11.6 Å². The molecule has 3 heterocycles. The molecule has 0 saturated heterocycles. The topological polar surface area (TPSA) is 69.2 Å². The maximum Gasteiger partial charge on any atom is 0.223 e. The van der Waals surface area contributed by atoms with Crippen molar-refractivity contribution in [1.29, 1.82) is 0 Å².